The highest BCUT2D eigenvalue weighted by Crippen LogP contribution is 2.27. The molecule has 1 atom stereocenters. The summed E-state index contributed by atoms with van der Waals surface area (Å²) in [7, 11) is 0. The number of aromatic nitrogens is 4. The van der Waals surface area contributed by atoms with E-state index in [1.54, 1.807) is 11.0 Å². The highest BCUT2D eigenvalue weighted by Gasteiger charge is 2.19. The summed E-state index contributed by atoms with van der Waals surface area (Å²) in [5.74, 6) is 0.660. The Balaban J connectivity index is 1.81. The fraction of sp³-hybridized carbons (Fsp3) is 0.0833. The average molecular weight is 238 g/mol. The summed E-state index contributed by atoms with van der Waals surface area (Å²) in [5.41, 5.74) is 2.28. The number of nitrogens with zero attached hydrogens (tertiary/aromatic N) is 4. The topological polar surface area (TPSA) is 70.9 Å². The Morgan fingerprint density at radius 1 is 1.22 bits per heavy atom. The van der Waals surface area contributed by atoms with Gasteiger partial charge in [-0.25, -0.2) is 0 Å². The van der Waals surface area contributed by atoms with Gasteiger partial charge in [-0.2, -0.15) is 9.78 Å². The SMILES string of the molecule is C1=Nn2cnnc2NC1c1c[nH]c2ccccc12. The zero-order valence-corrected chi connectivity index (χ0v) is 9.41. The molecule has 1 aliphatic rings. The first-order valence-electron chi connectivity index (χ1n) is 5.69. The molecular formula is C12H10N6. The van der Waals surface area contributed by atoms with Crippen molar-refractivity contribution in [3.63, 3.8) is 0 Å². The first-order valence-corrected chi connectivity index (χ1v) is 5.69. The van der Waals surface area contributed by atoms with Crippen LogP contribution in [0.5, 0.6) is 0 Å². The van der Waals surface area contributed by atoms with Crippen molar-refractivity contribution >= 4 is 23.1 Å². The van der Waals surface area contributed by atoms with E-state index in [0.717, 1.165) is 11.1 Å². The zero-order valence-electron chi connectivity index (χ0n) is 9.41. The normalized spacial score (nSPS) is 17.7. The van der Waals surface area contributed by atoms with E-state index in [-0.39, 0.29) is 6.04 Å². The number of hydrogen-bond donors (Lipinski definition) is 2. The van der Waals surface area contributed by atoms with Crippen molar-refractivity contribution in [1.82, 2.24) is 19.9 Å². The molecule has 2 aromatic heterocycles. The lowest BCUT2D eigenvalue weighted by Gasteiger charge is -2.17. The van der Waals surface area contributed by atoms with Crippen molar-refractivity contribution in [1.29, 1.82) is 0 Å². The molecule has 88 valence electrons. The van der Waals surface area contributed by atoms with Crippen LogP contribution < -0.4 is 5.32 Å². The Morgan fingerprint density at radius 3 is 3.17 bits per heavy atom. The van der Waals surface area contributed by atoms with Crippen LogP contribution >= 0.6 is 0 Å². The molecule has 6 nitrogen and oxygen atoms in total. The minimum absolute atomic E-state index is 0.0119. The summed E-state index contributed by atoms with van der Waals surface area (Å²) < 4.78 is 1.62. The second-order valence-corrected chi connectivity index (χ2v) is 4.18. The molecule has 2 N–H and O–H groups in total. The number of H-pyrrole nitrogens is 1. The minimum Gasteiger partial charge on any atom is -0.361 e. The third kappa shape index (κ3) is 1.26. The Labute approximate surface area is 102 Å². The van der Waals surface area contributed by atoms with Crippen molar-refractivity contribution in [2.24, 2.45) is 5.10 Å². The first kappa shape index (κ1) is 9.41. The Morgan fingerprint density at radius 2 is 2.17 bits per heavy atom. The number of para-hydroxylation sites is 1. The van der Waals surface area contributed by atoms with Crippen molar-refractivity contribution in [2.75, 3.05) is 5.32 Å². The fourth-order valence-electron chi connectivity index (χ4n) is 2.23. The van der Waals surface area contributed by atoms with Crippen molar-refractivity contribution in [3.8, 4) is 0 Å². The highest BCUT2D eigenvalue weighted by atomic mass is 15.5. The molecule has 0 saturated carbocycles. The van der Waals surface area contributed by atoms with E-state index in [2.05, 4.69) is 37.7 Å². The molecule has 1 unspecified atom stereocenters. The van der Waals surface area contributed by atoms with E-state index in [9.17, 15) is 0 Å². The van der Waals surface area contributed by atoms with E-state index < -0.39 is 0 Å². The van der Waals surface area contributed by atoms with Crippen molar-refractivity contribution < 1.29 is 0 Å². The van der Waals surface area contributed by atoms with Gasteiger partial charge in [0.25, 0.3) is 0 Å². The number of anilines is 1. The predicted octanol–water partition coefficient (Wildman–Crippen LogP) is 1.76. The maximum absolute atomic E-state index is 4.29. The molecule has 0 radical (unpaired) electrons. The molecule has 0 saturated heterocycles. The van der Waals surface area contributed by atoms with Crippen molar-refractivity contribution in [3.05, 3.63) is 42.4 Å². The van der Waals surface area contributed by atoms with Crippen molar-refractivity contribution in [2.45, 2.75) is 6.04 Å². The lowest BCUT2D eigenvalue weighted by Crippen LogP contribution is -2.19. The summed E-state index contributed by atoms with van der Waals surface area (Å²) >= 11 is 0. The Bertz CT molecular complexity index is 738. The summed E-state index contributed by atoms with van der Waals surface area (Å²) in [5, 5.41) is 16.6. The van der Waals surface area contributed by atoms with Gasteiger partial charge in [-0.15, -0.1) is 10.2 Å². The van der Waals surface area contributed by atoms with Gasteiger partial charge in [0.1, 0.15) is 6.33 Å². The largest absolute Gasteiger partial charge is 0.361 e. The smallest absolute Gasteiger partial charge is 0.246 e. The van der Waals surface area contributed by atoms with E-state index >= 15 is 0 Å². The van der Waals surface area contributed by atoms with E-state index in [1.165, 1.54) is 5.39 Å². The molecule has 3 aromatic rings. The quantitative estimate of drug-likeness (QED) is 0.678. The van der Waals surface area contributed by atoms with Gasteiger partial charge >= 0.3 is 0 Å². The summed E-state index contributed by atoms with van der Waals surface area (Å²) in [6.07, 6.45) is 5.43. The number of hydrogen-bond acceptors (Lipinski definition) is 4. The average Bonchev–Trinajstić information content (AvgIpc) is 3.04. The van der Waals surface area contributed by atoms with Crippen LogP contribution in [-0.4, -0.2) is 26.1 Å². The number of aromatic amines is 1. The molecule has 3 heterocycles. The number of benzene rings is 1. The van der Waals surface area contributed by atoms with E-state index in [4.69, 9.17) is 0 Å². The van der Waals surface area contributed by atoms with Gasteiger partial charge in [0, 0.05) is 22.7 Å². The second kappa shape index (κ2) is 3.43. The van der Waals surface area contributed by atoms with Crippen LogP contribution in [0.25, 0.3) is 10.9 Å². The maximum atomic E-state index is 4.29. The van der Waals surface area contributed by atoms with Gasteiger partial charge in [-0.1, -0.05) is 18.2 Å². The van der Waals surface area contributed by atoms with Crippen LogP contribution in [0.1, 0.15) is 11.6 Å². The maximum Gasteiger partial charge on any atom is 0.246 e. The molecule has 1 aromatic carbocycles. The number of nitrogens with one attached hydrogen (secondary N) is 2. The molecule has 6 heteroatoms. The standard InChI is InChI=1S/C12H10N6/c1-2-4-10-8(3-1)9(5-13-10)11-6-15-18-7-14-17-12(18)16-11/h1-7,11,13H,(H,16,17). The first-order chi connectivity index (χ1) is 8.92. The molecule has 1 aliphatic heterocycles. The molecule has 18 heavy (non-hydrogen) atoms. The molecule has 4 rings (SSSR count). The summed E-state index contributed by atoms with van der Waals surface area (Å²) in [6, 6.07) is 8.21. The predicted molar refractivity (Wildman–Crippen MR) is 68.6 cm³/mol. The van der Waals surface area contributed by atoms with Crippen LogP contribution in [0.15, 0.2) is 41.9 Å². The van der Waals surface area contributed by atoms with Gasteiger partial charge in [-0.3, -0.25) is 0 Å². The van der Waals surface area contributed by atoms with Crippen LogP contribution in [0.3, 0.4) is 0 Å². The zero-order chi connectivity index (χ0) is 11.9. The van der Waals surface area contributed by atoms with Gasteiger partial charge in [0.05, 0.1) is 12.3 Å². The van der Waals surface area contributed by atoms with Gasteiger partial charge < -0.3 is 10.3 Å². The molecule has 0 amide bonds. The molecule has 0 aliphatic carbocycles. The Hall–Kier alpha value is -2.63. The summed E-state index contributed by atoms with van der Waals surface area (Å²) in [4.78, 5) is 3.26. The van der Waals surface area contributed by atoms with Crippen LogP contribution in [-0.2, 0) is 0 Å². The summed E-state index contributed by atoms with van der Waals surface area (Å²) in [6.45, 7) is 0. The van der Waals surface area contributed by atoms with E-state index in [1.807, 2.05) is 24.5 Å². The van der Waals surface area contributed by atoms with Gasteiger partial charge in [0.15, 0.2) is 0 Å². The minimum atomic E-state index is 0.0119. The third-order valence-corrected chi connectivity index (χ3v) is 3.11. The molecular weight excluding hydrogens is 228 g/mol. The molecule has 0 fully saturated rings. The monoisotopic (exact) mass is 238 g/mol. The third-order valence-electron chi connectivity index (χ3n) is 3.11. The van der Waals surface area contributed by atoms with Crippen LogP contribution in [0, 0.1) is 0 Å². The van der Waals surface area contributed by atoms with E-state index in [0.29, 0.717) is 5.95 Å². The van der Waals surface area contributed by atoms with Gasteiger partial charge in [0.2, 0.25) is 5.95 Å². The fourth-order valence-corrected chi connectivity index (χ4v) is 2.23. The molecule has 0 bridgehead atoms. The number of rotatable bonds is 1. The van der Waals surface area contributed by atoms with Crippen LogP contribution in [0.4, 0.5) is 5.95 Å². The second-order valence-electron chi connectivity index (χ2n) is 4.18. The molecule has 0 spiro atoms. The highest BCUT2D eigenvalue weighted by molar-refractivity contribution is 5.88. The Kier molecular flexibility index (Phi) is 1.79. The lowest BCUT2D eigenvalue weighted by molar-refractivity contribution is 0.821. The van der Waals surface area contributed by atoms with Crippen LogP contribution in [0.2, 0.25) is 0 Å². The lowest BCUT2D eigenvalue weighted by atomic mass is 10.1. The number of fused-ring (bicyclic) bond motifs is 2. The van der Waals surface area contributed by atoms with Gasteiger partial charge in [-0.05, 0) is 6.07 Å².